The molecule has 0 radical (unpaired) electrons. The smallest absolute Gasteiger partial charge is 0.221 e. The second kappa shape index (κ2) is 7.70. The average molecular weight is 290 g/mol. The molecule has 0 aromatic heterocycles. The van der Waals surface area contributed by atoms with Crippen LogP contribution in [0.4, 0.5) is 0 Å². The Bertz CT molecular complexity index is 311. The third-order valence-corrected chi connectivity index (χ3v) is 4.09. The van der Waals surface area contributed by atoms with E-state index in [4.69, 9.17) is 5.73 Å². The van der Waals surface area contributed by atoms with Crippen molar-refractivity contribution < 1.29 is 9.59 Å². The maximum atomic E-state index is 11.8. The number of hydrogen-bond acceptors (Lipinski definition) is 3. The van der Waals surface area contributed by atoms with Crippen LogP contribution in [0.1, 0.15) is 44.9 Å². The van der Waals surface area contributed by atoms with Gasteiger partial charge in [-0.05, 0) is 45.1 Å². The van der Waals surface area contributed by atoms with Crippen LogP contribution in [0.2, 0.25) is 0 Å². The van der Waals surface area contributed by atoms with Crippen LogP contribution in [0.15, 0.2) is 0 Å². The summed E-state index contributed by atoms with van der Waals surface area (Å²) in [4.78, 5) is 22.9. The summed E-state index contributed by atoms with van der Waals surface area (Å²) in [5.41, 5.74) is 5.29. The van der Waals surface area contributed by atoms with Gasteiger partial charge in [0.25, 0.3) is 0 Å². The van der Waals surface area contributed by atoms with Gasteiger partial charge in [-0.1, -0.05) is 0 Å². The first kappa shape index (κ1) is 16.2. The van der Waals surface area contributed by atoms with Crippen LogP contribution in [0.3, 0.4) is 0 Å². The summed E-state index contributed by atoms with van der Waals surface area (Å²) < 4.78 is 0. The number of nitrogens with two attached hydrogens (primary N) is 1. The number of primary amides is 1. The number of carbonyl (C=O) groups excluding carboxylic acids is 2. The van der Waals surface area contributed by atoms with Crippen molar-refractivity contribution in [3.8, 4) is 0 Å². The van der Waals surface area contributed by atoms with Crippen molar-refractivity contribution in [1.82, 2.24) is 10.6 Å². The SMILES string of the molecule is Cl.NC(=O)C1CCC(NC(=O)CC2CCCN2)CC1. The molecule has 1 atom stereocenters. The lowest BCUT2D eigenvalue weighted by Gasteiger charge is -2.27. The molecule has 19 heavy (non-hydrogen) atoms. The molecule has 2 fully saturated rings. The van der Waals surface area contributed by atoms with E-state index in [1.807, 2.05) is 0 Å². The molecule has 0 aromatic rings. The standard InChI is InChI=1S/C13H23N3O2.ClH/c14-13(18)9-3-5-10(6-4-9)16-12(17)8-11-2-1-7-15-11;/h9-11,15H,1-8H2,(H2,14,18)(H,16,17);1H. The van der Waals surface area contributed by atoms with Gasteiger partial charge in [0.05, 0.1) is 0 Å². The molecule has 1 aliphatic heterocycles. The van der Waals surface area contributed by atoms with E-state index in [0.29, 0.717) is 12.5 Å². The Morgan fingerprint density at radius 3 is 2.37 bits per heavy atom. The summed E-state index contributed by atoms with van der Waals surface area (Å²) in [5, 5.41) is 6.40. The molecule has 4 N–H and O–H groups in total. The van der Waals surface area contributed by atoms with Crippen LogP contribution < -0.4 is 16.4 Å². The van der Waals surface area contributed by atoms with E-state index in [0.717, 1.165) is 38.6 Å². The van der Waals surface area contributed by atoms with Crippen molar-refractivity contribution in [3.05, 3.63) is 0 Å². The fourth-order valence-corrected chi connectivity index (χ4v) is 2.96. The van der Waals surface area contributed by atoms with E-state index in [2.05, 4.69) is 10.6 Å². The Morgan fingerprint density at radius 1 is 1.16 bits per heavy atom. The zero-order chi connectivity index (χ0) is 13.0. The minimum Gasteiger partial charge on any atom is -0.369 e. The van der Waals surface area contributed by atoms with Gasteiger partial charge in [-0.2, -0.15) is 0 Å². The van der Waals surface area contributed by atoms with Crippen molar-refractivity contribution in [1.29, 1.82) is 0 Å². The summed E-state index contributed by atoms with van der Waals surface area (Å²) in [6.45, 7) is 1.03. The lowest BCUT2D eigenvalue weighted by molar-refractivity contribution is -0.123. The van der Waals surface area contributed by atoms with E-state index < -0.39 is 0 Å². The van der Waals surface area contributed by atoms with Crippen molar-refractivity contribution in [2.45, 2.75) is 57.0 Å². The molecule has 1 unspecified atom stereocenters. The molecule has 1 saturated carbocycles. The second-order valence-electron chi connectivity index (χ2n) is 5.52. The fourth-order valence-electron chi connectivity index (χ4n) is 2.96. The summed E-state index contributed by atoms with van der Waals surface area (Å²) in [7, 11) is 0. The predicted octanol–water partition coefficient (Wildman–Crippen LogP) is 0.711. The third-order valence-electron chi connectivity index (χ3n) is 4.09. The molecule has 1 heterocycles. The zero-order valence-electron chi connectivity index (χ0n) is 11.2. The van der Waals surface area contributed by atoms with Gasteiger partial charge in [0.2, 0.25) is 11.8 Å². The molecule has 0 spiro atoms. The minimum atomic E-state index is -0.199. The molecule has 2 aliphatic rings. The second-order valence-corrected chi connectivity index (χ2v) is 5.52. The van der Waals surface area contributed by atoms with Crippen LogP contribution in [-0.2, 0) is 9.59 Å². The molecule has 1 saturated heterocycles. The van der Waals surface area contributed by atoms with Gasteiger partial charge in [0.1, 0.15) is 0 Å². The summed E-state index contributed by atoms with van der Waals surface area (Å²) in [5.74, 6) is -0.0542. The van der Waals surface area contributed by atoms with E-state index in [1.165, 1.54) is 6.42 Å². The van der Waals surface area contributed by atoms with Gasteiger partial charge in [-0.3, -0.25) is 9.59 Å². The molecule has 5 nitrogen and oxygen atoms in total. The Hall–Kier alpha value is -0.810. The number of hydrogen-bond donors (Lipinski definition) is 3. The Kier molecular flexibility index (Phi) is 6.58. The van der Waals surface area contributed by atoms with Crippen molar-refractivity contribution in [2.24, 2.45) is 11.7 Å². The molecular formula is C13H24ClN3O2. The number of halogens is 1. The van der Waals surface area contributed by atoms with E-state index in [-0.39, 0.29) is 36.2 Å². The largest absolute Gasteiger partial charge is 0.369 e. The molecule has 6 heteroatoms. The first-order chi connectivity index (χ1) is 8.65. The summed E-state index contributed by atoms with van der Waals surface area (Å²) in [6.07, 6.45) is 6.21. The molecular weight excluding hydrogens is 266 g/mol. The van der Waals surface area contributed by atoms with Crippen molar-refractivity contribution >= 4 is 24.2 Å². The number of amides is 2. The number of rotatable bonds is 4. The van der Waals surface area contributed by atoms with Crippen LogP contribution >= 0.6 is 12.4 Å². The summed E-state index contributed by atoms with van der Waals surface area (Å²) >= 11 is 0. The number of nitrogens with one attached hydrogen (secondary N) is 2. The van der Waals surface area contributed by atoms with E-state index in [9.17, 15) is 9.59 Å². The van der Waals surface area contributed by atoms with Gasteiger partial charge in [0, 0.05) is 24.4 Å². The molecule has 0 bridgehead atoms. The van der Waals surface area contributed by atoms with Crippen molar-refractivity contribution in [3.63, 3.8) is 0 Å². The minimum absolute atomic E-state index is 0. The van der Waals surface area contributed by atoms with Gasteiger partial charge >= 0.3 is 0 Å². The highest BCUT2D eigenvalue weighted by Gasteiger charge is 2.26. The lowest BCUT2D eigenvalue weighted by atomic mass is 9.85. The van der Waals surface area contributed by atoms with Crippen LogP contribution in [0.25, 0.3) is 0 Å². The molecule has 110 valence electrons. The van der Waals surface area contributed by atoms with Crippen LogP contribution in [0, 0.1) is 5.92 Å². The van der Waals surface area contributed by atoms with Crippen LogP contribution in [0.5, 0.6) is 0 Å². The topological polar surface area (TPSA) is 84.2 Å². The zero-order valence-corrected chi connectivity index (χ0v) is 12.0. The highest BCUT2D eigenvalue weighted by Crippen LogP contribution is 2.24. The van der Waals surface area contributed by atoms with Crippen molar-refractivity contribution in [2.75, 3.05) is 6.54 Å². The van der Waals surface area contributed by atoms with E-state index in [1.54, 1.807) is 0 Å². The first-order valence-electron chi connectivity index (χ1n) is 6.97. The molecule has 0 aromatic carbocycles. The maximum Gasteiger partial charge on any atom is 0.221 e. The number of carbonyl (C=O) groups is 2. The monoisotopic (exact) mass is 289 g/mol. The van der Waals surface area contributed by atoms with E-state index >= 15 is 0 Å². The normalized spacial score (nSPS) is 30.4. The fraction of sp³-hybridized carbons (Fsp3) is 0.846. The average Bonchev–Trinajstić information content (AvgIpc) is 2.82. The first-order valence-corrected chi connectivity index (χ1v) is 6.97. The van der Waals surface area contributed by atoms with Gasteiger partial charge < -0.3 is 16.4 Å². The lowest BCUT2D eigenvalue weighted by Crippen LogP contribution is -2.41. The Morgan fingerprint density at radius 2 is 1.84 bits per heavy atom. The highest BCUT2D eigenvalue weighted by molar-refractivity contribution is 5.85. The van der Waals surface area contributed by atoms with Gasteiger partial charge in [-0.25, -0.2) is 0 Å². The van der Waals surface area contributed by atoms with Gasteiger partial charge in [0.15, 0.2) is 0 Å². The maximum absolute atomic E-state index is 11.8. The third kappa shape index (κ3) is 4.99. The molecule has 2 amide bonds. The highest BCUT2D eigenvalue weighted by atomic mass is 35.5. The van der Waals surface area contributed by atoms with Gasteiger partial charge in [-0.15, -0.1) is 12.4 Å². The quantitative estimate of drug-likeness (QED) is 0.713. The van der Waals surface area contributed by atoms with Crippen LogP contribution in [-0.4, -0.2) is 30.4 Å². The molecule has 2 rings (SSSR count). The Labute approximate surface area is 120 Å². The predicted molar refractivity (Wildman–Crippen MR) is 76.0 cm³/mol. The Balaban J connectivity index is 0.00000180. The summed E-state index contributed by atoms with van der Waals surface area (Å²) in [6, 6.07) is 0.585. The molecule has 1 aliphatic carbocycles.